The van der Waals surface area contributed by atoms with Crippen molar-refractivity contribution in [2.24, 2.45) is 5.92 Å². The number of aliphatic hydroxyl groups is 1. The molecule has 2 heterocycles. The van der Waals surface area contributed by atoms with Crippen molar-refractivity contribution in [1.29, 1.82) is 0 Å². The van der Waals surface area contributed by atoms with Crippen LogP contribution in [0.4, 0.5) is 0 Å². The quantitative estimate of drug-likeness (QED) is 0.888. The van der Waals surface area contributed by atoms with Gasteiger partial charge in [0.1, 0.15) is 0 Å². The normalized spacial score (nSPS) is 22.8. The van der Waals surface area contributed by atoms with E-state index in [1.807, 2.05) is 11.8 Å². The van der Waals surface area contributed by atoms with Crippen LogP contribution >= 0.6 is 0 Å². The van der Waals surface area contributed by atoms with Crippen LogP contribution in [0.1, 0.15) is 26.2 Å². The summed E-state index contributed by atoms with van der Waals surface area (Å²) in [6.45, 7) is 3.21. The number of aryl methyl sites for hydroxylation is 1. The lowest BCUT2D eigenvalue weighted by Crippen LogP contribution is -2.46. The highest BCUT2D eigenvalue weighted by Gasteiger charge is 2.28. The first-order chi connectivity index (χ1) is 9.61. The number of piperidine rings is 1. The van der Waals surface area contributed by atoms with Crippen LogP contribution in [0.3, 0.4) is 0 Å². The van der Waals surface area contributed by atoms with Gasteiger partial charge in [-0.2, -0.15) is 0 Å². The summed E-state index contributed by atoms with van der Waals surface area (Å²) in [6.07, 6.45) is 3.93. The highest BCUT2D eigenvalue weighted by atomic mass is 16.3. The van der Waals surface area contributed by atoms with Gasteiger partial charge in [0.05, 0.1) is 0 Å². The lowest BCUT2D eigenvalue weighted by Gasteiger charge is -2.37. The van der Waals surface area contributed by atoms with E-state index in [0.29, 0.717) is 19.5 Å². The highest BCUT2D eigenvalue weighted by molar-refractivity contribution is 5.76. The molecule has 0 aliphatic carbocycles. The van der Waals surface area contributed by atoms with Crippen LogP contribution in [-0.2, 0) is 11.3 Å². The molecule has 0 saturated carbocycles. The number of hydrogen-bond acceptors (Lipinski definition) is 3. The first-order valence-corrected chi connectivity index (χ1v) is 7.17. The Kier molecular flexibility index (Phi) is 4.95. The van der Waals surface area contributed by atoms with Gasteiger partial charge in [-0.15, -0.1) is 0 Å². The van der Waals surface area contributed by atoms with Gasteiger partial charge in [0.2, 0.25) is 5.91 Å². The van der Waals surface area contributed by atoms with Gasteiger partial charge in [-0.05, 0) is 31.7 Å². The van der Waals surface area contributed by atoms with Crippen LogP contribution < -0.4 is 5.56 Å². The number of aliphatic hydroxyl groups excluding tert-OH is 1. The second kappa shape index (κ2) is 6.70. The van der Waals surface area contributed by atoms with Gasteiger partial charge in [-0.1, -0.05) is 6.07 Å². The number of pyridine rings is 1. The fourth-order valence-electron chi connectivity index (χ4n) is 2.68. The zero-order valence-corrected chi connectivity index (χ0v) is 11.9. The molecule has 0 bridgehead atoms. The molecular weight excluding hydrogens is 256 g/mol. The molecule has 1 saturated heterocycles. The molecule has 5 nitrogen and oxygen atoms in total. The second-order valence-corrected chi connectivity index (χ2v) is 5.50. The van der Waals surface area contributed by atoms with Crippen molar-refractivity contribution >= 4 is 5.91 Å². The van der Waals surface area contributed by atoms with Gasteiger partial charge in [-0.25, -0.2) is 0 Å². The van der Waals surface area contributed by atoms with Crippen molar-refractivity contribution < 1.29 is 9.90 Å². The van der Waals surface area contributed by atoms with E-state index in [9.17, 15) is 14.7 Å². The van der Waals surface area contributed by atoms with Gasteiger partial charge < -0.3 is 14.6 Å². The average Bonchev–Trinajstić information content (AvgIpc) is 2.46. The molecule has 0 aromatic carbocycles. The number of likely N-dealkylation sites (tertiary alicyclic amines) is 1. The third-order valence-electron chi connectivity index (χ3n) is 4.02. The van der Waals surface area contributed by atoms with Crippen molar-refractivity contribution in [1.82, 2.24) is 9.47 Å². The largest absolute Gasteiger partial charge is 0.396 e. The highest BCUT2D eigenvalue weighted by Crippen LogP contribution is 2.22. The van der Waals surface area contributed by atoms with Crippen molar-refractivity contribution in [3.63, 3.8) is 0 Å². The van der Waals surface area contributed by atoms with Crippen LogP contribution in [-0.4, -0.2) is 39.7 Å². The summed E-state index contributed by atoms with van der Waals surface area (Å²) >= 11 is 0. The predicted molar refractivity (Wildman–Crippen MR) is 76.3 cm³/mol. The smallest absolute Gasteiger partial charge is 0.250 e. The molecule has 1 aliphatic rings. The second-order valence-electron chi connectivity index (χ2n) is 5.50. The topological polar surface area (TPSA) is 62.5 Å². The number of nitrogens with zero attached hydrogens (tertiary/aromatic N) is 2. The van der Waals surface area contributed by atoms with Crippen LogP contribution in [0.15, 0.2) is 29.2 Å². The zero-order valence-electron chi connectivity index (χ0n) is 11.9. The molecule has 1 N–H and O–H groups in total. The lowest BCUT2D eigenvalue weighted by molar-refractivity contribution is -0.136. The Labute approximate surface area is 118 Å². The molecule has 1 aliphatic heterocycles. The summed E-state index contributed by atoms with van der Waals surface area (Å²) in [4.78, 5) is 25.7. The Morgan fingerprint density at radius 1 is 1.40 bits per heavy atom. The lowest BCUT2D eigenvalue weighted by atomic mass is 9.94. The number of carbonyl (C=O) groups excluding carboxylic acids is 1. The van der Waals surface area contributed by atoms with E-state index in [4.69, 9.17) is 0 Å². The maximum Gasteiger partial charge on any atom is 0.250 e. The Morgan fingerprint density at radius 3 is 2.90 bits per heavy atom. The van der Waals surface area contributed by atoms with E-state index in [1.165, 1.54) is 6.07 Å². The molecule has 1 aromatic heterocycles. The Hall–Kier alpha value is -1.62. The molecule has 20 heavy (non-hydrogen) atoms. The summed E-state index contributed by atoms with van der Waals surface area (Å²) in [6, 6.07) is 5.20. The van der Waals surface area contributed by atoms with Crippen molar-refractivity contribution in [3.05, 3.63) is 34.7 Å². The first-order valence-electron chi connectivity index (χ1n) is 7.17. The molecule has 5 heteroatoms. The minimum absolute atomic E-state index is 0.0615. The summed E-state index contributed by atoms with van der Waals surface area (Å²) in [7, 11) is 0. The fraction of sp³-hybridized carbons (Fsp3) is 0.600. The molecule has 1 fully saturated rings. The average molecular weight is 278 g/mol. The van der Waals surface area contributed by atoms with Crippen LogP contribution in [0, 0.1) is 5.92 Å². The molecule has 2 rings (SSSR count). The fourth-order valence-corrected chi connectivity index (χ4v) is 2.68. The Morgan fingerprint density at radius 2 is 2.20 bits per heavy atom. The molecule has 1 aromatic rings. The maximum absolute atomic E-state index is 12.3. The monoisotopic (exact) mass is 278 g/mol. The van der Waals surface area contributed by atoms with E-state index in [0.717, 1.165) is 12.8 Å². The van der Waals surface area contributed by atoms with E-state index in [2.05, 4.69) is 0 Å². The van der Waals surface area contributed by atoms with Crippen molar-refractivity contribution in [3.8, 4) is 0 Å². The SMILES string of the molecule is CC1CCC(CO)CN1C(=O)CCn1ccccc1=O. The van der Waals surface area contributed by atoms with Gasteiger partial charge in [0.15, 0.2) is 0 Å². The van der Waals surface area contributed by atoms with Crippen LogP contribution in [0.2, 0.25) is 0 Å². The summed E-state index contributed by atoms with van der Waals surface area (Å²) in [5, 5.41) is 9.24. The van der Waals surface area contributed by atoms with Gasteiger partial charge in [-0.3, -0.25) is 9.59 Å². The third-order valence-corrected chi connectivity index (χ3v) is 4.02. The van der Waals surface area contributed by atoms with Crippen LogP contribution in [0.25, 0.3) is 0 Å². The van der Waals surface area contributed by atoms with Gasteiger partial charge in [0.25, 0.3) is 5.56 Å². The standard InChI is InChI=1S/C15H22N2O3/c1-12-5-6-13(11-18)10-17(12)15(20)7-9-16-8-3-2-4-14(16)19/h2-4,8,12-13,18H,5-7,9-11H2,1H3. The molecule has 110 valence electrons. The molecular formula is C15H22N2O3. The molecule has 1 amide bonds. The minimum atomic E-state index is -0.0831. The van der Waals surface area contributed by atoms with Gasteiger partial charge >= 0.3 is 0 Å². The van der Waals surface area contributed by atoms with Crippen molar-refractivity contribution in [2.45, 2.75) is 38.8 Å². The number of hydrogen-bond donors (Lipinski definition) is 1. The number of aromatic nitrogens is 1. The third kappa shape index (κ3) is 3.48. The number of carbonyl (C=O) groups is 1. The Bertz CT molecular complexity index is 512. The summed E-state index contributed by atoms with van der Waals surface area (Å²) in [5.74, 6) is 0.251. The van der Waals surface area contributed by atoms with Crippen molar-refractivity contribution in [2.75, 3.05) is 13.2 Å². The summed E-state index contributed by atoms with van der Waals surface area (Å²) in [5.41, 5.74) is -0.0831. The zero-order chi connectivity index (χ0) is 14.5. The molecule has 2 unspecified atom stereocenters. The molecule has 2 atom stereocenters. The van der Waals surface area contributed by atoms with E-state index in [-0.39, 0.29) is 30.0 Å². The summed E-state index contributed by atoms with van der Waals surface area (Å²) < 4.78 is 1.55. The van der Waals surface area contributed by atoms with E-state index >= 15 is 0 Å². The van der Waals surface area contributed by atoms with Gasteiger partial charge in [0, 0.05) is 44.4 Å². The molecule has 0 spiro atoms. The molecule has 0 radical (unpaired) electrons. The van der Waals surface area contributed by atoms with E-state index in [1.54, 1.807) is 22.9 Å². The maximum atomic E-state index is 12.3. The van der Waals surface area contributed by atoms with E-state index < -0.39 is 0 Å². The van der Waals surface area contributed by atoms with Crippen LogP contribution in [0.5, 0.6) is 0 Å². The Balaban J connectivity index is 1.94. The number of rotatable bonds is 4. The minimum Gasteiger partial charge on any atom is -0.396 e. The first kappa shape index (κ1) is 14.8. The predicted octanol–water partition coefficient (Wildman–Crippen LogP) is 0.858. The number of amides is 1.